The summed E-state index contributed by atoms with van der Waals surface area (Å²) >= 11 is 0. The Labute approximate surface area is 159 Å². The predicted octanol–water partition coefficient (Wildman–Crippen LogP) is 3.25. The van der Waals surface area contributed by atoms with Crippen molar-refractivity contribution in [2.24, 2.45) is 0 Å². The van der Waals surface area contributed by atoms with Gasteiger partial charge in [0.2, 0.25) is 5.82 Å². The summed E-state index contributed by atoms with van der Waals surface area (Å²) in [6.45, 7) is 1.95. The van der Waals surface area contributed by atoms with Crippen LogP contribution in [-0.4, -0.2) is 37.1 Å². The van der Waals surface area contributed by atoms with Gasteiger partial charge < -0.3 is 10.1 Å². The summed E-state index contributed by atoms with van der Waals surface area (Å²) < 4.78 is 20.7. The Morgan fingerprint density at radius 1 is 1.25 bits per heavy atom. The van der Waals surface area contributed by atoms with Crippen molar-refractivity contribution in [2.75, 3.05) is 11.9 Å². The highest BCUT2D eigenvalue weighted by atomic mass is 19.1. The second-order valence-electron chi connectivity index (χ2n) is 5.72. The minimum atomic E-state index is -0.553. The minimum Gasteiger partial charge on any atom is -0.462 e. The average Bonchev–Trinajstić information content (AvgIpc) is 3.15. The molecule has 9 heteroatoms. The molecule has 0 aliphatic rings. The molecule has 0 atom stereocenters. The molecule has 0 spiro atoms. The first-order valence-electron chi connectivity index (χ1n) is 8.52. The van der Waals surface area contributed by atoms with Crippen molar-refractivity contribution in [1.82, 2.24) is 24.6 Å². The standard InChI is InChI=1S/C19H15FN6O2/c1-2-28-19(27)12-7-10-26-16(12)18(23-14-6-9-21-11-13(14)20)24-17(25-26)15-5-3-4-8-22-15/h3-11H,2H2,1H3,(H,21,23,24,25). The van der Waals surface area contributed by atoms with Gasteiger partial charge in [0.25, 0.3) is 0 Å². The number of ether oxygens (including phenoxy) is 1. The molecule has 4 aromatic rings. The highest BCUT2D eigenvalue weighted by molar-refractivity contribution is 6.01. The summed E-state index contributed by atoms with van der Waals surface area (Å²) in [5.41, 5.74) is 1.34. The van der Waals surface area contributed by atoms with Gasteiger partial charge in [0.05, 0.1) is 24.1 Å². The number of hydrogen-bond acceptors (Lipinski definition) is 7. The lowest BCUT2D eigenvalue weighted by Crippen LogP contribution is -2.09. The second-order valence-corrected chi connectivity index (χ2v) is 5.72. The number of carbonyl (C=O) groups excluding carboxylic acids is 1. The zero-order valence-electron chi connectivity index (χ0n) is 14.8. The normalized spacial score (nSPS) is 10.8. The third-order valence-corrected chi connectivity index (χ3v) is 3.93. The summed E-state index contributed by atoms with van der Waals surface area (Å²) in [6.07, 6.45) is 5.78. The van der Waals surface area contributed by atoms with Crippen LogP contribution < -0.4 is 5.32 Å². The van der Waals surface area contributed by atoms with Crippen LogP contribution in [0.1, 0.15) is 17.3 Å². The Hall–Kier alpha value is -3.88. The Kier molecular flexibility index (Phi) is 4.63. The second kappa shape index (κ2) is 7.39. The van der Waals surface area contributed by atoms with E-state index in [0.717, 1.165) is 6.20 Å². The topological polar surface area (TPSA) is 94.3 Å². The number of fused-ring (bicyclic) bond motifs is 1. The van der Waals surface area contributed by atoms with E-state index in [-0.39, 0.29) is 23.7 Å². The van der Waals surface area contributed by atoms with E-state index in [0.29, 0.717) is 17.0 Å². The molecule has 28 heavy (non-hydrogen) atoms. The van der Waals surface area contributed by atoms with E-state index in [4.69, 9.17) is 4.74 Å². The number of nitrogens with one attached hydrogen (secondary N) is 1. The quantitative estimate of drug-likeness (QED) is 0.533. The molecule has 4 rings (SSSR count). The Morgan fingerprint density at radius 3 is 2.89 bits per heavy atom. The molecule has 0 aliphatic carbocycles. The molecule has 4 aromatic heterocycles. The molecular weight excluding hydrogens is 363 g/mol. The Bertz CT molecular complexity index is 1150. The van der Waals surface area contributed by atoms with Crippen LogP contribution in [0.5, 0.6) is 0 Å². The zero-order valence-corrected chi connectivity index (χ0v) is 14.8. The van der Waals surface area contributed by atoms with Crippen LogP contribution in [0.15, 0.2) is 55.1 Å². The summed E-state index contributed by atoms with van der Waals surface area (Å²) in [6, 6.07) is 8.40. The van der Waals surface area contributed by atoms with Crippen LogP contribution in [0.2, 0.25) is 0 Å². The number of anilines is 2. The Morgan fingerprint density at radius 2 is 2.14 bits per heavy atom. The van der Waals surface area contributed by atoms with Crippen molar-refractivity contribution >= 4 is 23.0 Å². The Balaban J connectivity index is 1.90. The van der Waals surface area contributed by atoms with Crippen LogP contribution in [0.3, 0.4) is 0 Å². The van der Waals surface area contributed by atoms with Crippen molar-refractivity contribution in [1.29, 1.82) is 0 Å². The lowest BCUT2D eigenvalue weighted by Gasteiger charge is -2.11. The maximum atomic E-state index is 14.1. The number of pyridine rings is 2. The highest BCUT2D eigenvalue weighted by Crippen LogP contribution is 2.27. The summed E-state index contributed by atoms with van der Waals surface area (Å²) in [5, 5.41) is 7.35. The smallest absolute Gasteiger partial charge is 0.340 e. The maximum absolute atomic E-state index is 14.1. The predicted molar refractivity (Wildman–Crippen MR) is 99.7 cm³/mol. The maximum Gasteiger partial charge on any atom is 0.340 e. The number of halogens is 1. The molecule has 0 bridgehead atoms. The third-order valence-electron chi connectivity index (χ3n) is 3.93. The van der Waals surface area contributed by atoms with Crippen LogP contribution in [0, 0.1) is 5.82 Å². The summed E-state index contributed by atoms with van der Waals surface area (Å²) in [7, 11) is 0. The van der Waals surface area contributed by atoms with E-state index in [1.165, 1.54) is 16.8 Å². The molecular formula is C19H15FN6O2. The van der Waals surface area contributed by atoms with E-state index >= 15 is 0 Å². The molecule has 140 valence electrons. The molecule has 0 saturated carbocycles. The van der Waals surface area contributed by atoms with Crippen molar-refractivity contribution in [3.05, 3.63) is 66.5 Å². The number of aromatic nitrogens is 5. The largest absolute Gasteiger partial charge is 0.462 e. The SMILES string of the molecule is CCOC(=O)c1ccn2nc(-c3ccccn3)nc(Nc3ccncc3F)c12. The number of hydrogen-bond donors (Lipinski definition) is 1. The lowest BCUT2D eigenvalue weighted by atomic mass is 10.2. The third kappa shape index (κ3) is 3.25. The number of rotatable bonds is 5. The monoisotopic (exact) mass is 378 g/mol. The number of esters is 1. The first-order valence-corrected chi connectivity index (χ1v) is 8.52. The molecule has 0 unspecified atom stereocenters. The van der Waals surface area contributed by atoms with Gasteiger partial charge in [-0.2, -0.15) is 0 Å². The van der Waals surface area contributed by atoms with Gasteiger partial charge in [0.1, 0.15) is 11.2 Å². The fraction of sp³-hybridized carbons (Fsp3) is 0.105. The van der Waals surface area contributed by atoms with Crippen LogP contribution >= 0.6 is 0 Å². The van der Waals surface area contributed by atoms with Crippen molar-refractivity contribution in [3.63, 3.8) is 0 Å². The average molecular weight is 378 g/mol. The van der Waals surface area contributed by atoms with Crippen LogP contribution in [0.25, 0.3) is 17.0 Å². The molecule has 1 N–H and O–H groups in total. The van der Waals surface area contributed by atoms with Gasteiger partial charge in [-0.25, -0.2) is 18.7 Å². The summed E-state index contributed by atoms with van der Waals surface area (Å²) in [5.74, 6) is -0.509. The lowest BCUT2D eigenvalue weighted by molar-refractivity contribution is 0.0529. The van der Waals surface area contributed by atoms with Crippen molar-refractivity contribution < 1.29 is 13.9 Å². The van der Waals surface area contributed by atoms with Gasteiger partial charge in [-0.3, -0.25) is 9.97 Å². The van der Waals surface area contributed by atoms with Gasteiger partial charge in [0.15, 0.2) is 11.6 Å². The van der Waals surface area contributed by atoms with Gasteiger partial charge >= 0.3 is 5.97 Å². The van der Waals surface area contributed by atoms with Gasteiger partial charge in [-0.05, 0) is 31.2 Å². The van der Waals surface area contributed by atoms with Gasteiger partial charge in [0, 0.05) is 18.6 Å². The van der Waals surface area contributed by atoms with E-state index < -0.39 is 11.8 Å². The van der Waals surface area contributed by atoms with E-state index in [2.05, 4.69) is 25.4 Å². The van der Waals surface area contributed by atoms with Crippen molar-refractivity contribution in [2.45, 2.75) is 6.92 Å². The van der Waals surface area contributed by atoms with Gasteiger partial charge in [-0.15, -0.1) is 5.10 Å². The highest BCUT2D eigenvalue weighted by Gasteiger charge is 2.20. The summed E-state index contributed by atoms with van der Waals surface area (Å²) in [4.78, 5) is 24.8. The fourth-order valence-corrected chi connectivity index (χ4v) is 2.69. The van der Waals surface area contributed by atoms with Crippen molar-refractivity contribution in [3.8, 4) is 11.5 Å². The van der Waals surface area contributed by atoms with Gasteiger partial charge in [-0.1, -0.05) is 6.07 Å². The van der Waals surface area contributed by atoms with Crippen LogP contribution in [0.4, 0.5) is 15.9 Å². The zero-order chi connectivity index (χ0) is 19.5. The molecule has 0 radical (unpaired) electrons. The molecule has 8 nitrogen and oxygen atoms in total. The molecule has 0 saturated heterocycles. The van der Waals surface area contributed by atoms with Crippen LogP contribution in [-0.2, 0) is 4.74 Å². The minimum absolute atomic E-state index is 0.165. The first kappa shape index (κ1) is 17.5. The fourth-order valence-electron chi connectivity index (χ4n) is 2.69. The first-order chi connectivity index (χ1) is 13.7. The number of carbonyl (C=O) groups is 1. The molecule has 4 heterocycles. The van der Waals surface area contributed by atoms with E-state index in [1.807, 2.05) is 6.07 Å². The number of nitrogens with zero attached hydrogens (tertiary/aromatic N) is 5. The van der Waals surface area contributed by atoms with E-state index in [9.17, 15) is 9.18 Å². The molecule has 0 amide bonds. The molecule has 0 fully saturated rings. The van der Waals surface area contributed by atoms with E-state index in [1.54, 1.807) is 37.5 Å². The molecule has 0 aromatic carbocycles. The molecule has 0 aliphatic heterocycles.